The van der Waals surface area contributed by atoms with E-state index >= 15 is 0 Å². The minimum Gasteiger partial charge on any atom is -0.374 e. The molecule has 2 aromatic heterocycles. The molecule has 108 valence electrons. The number of nitrogens with zero attached hydrogens (tertiary/aromatic N) is 3. The van der Waals surface area contributed by atoms with Crippen LogP contribution < -0.4 is 10.6 Å². The van der Waals surface area contributed by atoms with Crippen LogP contribution in [-0.4, -0.2) is 28.1 Å². The molecule has 0 bridgehead atoms. The van der Waals surface area contributed by atoms with Crippen molar-refractivity contribution in [1.29, 1.82) is 0 Å². The van der Waals surface area contributed by atoms with Crippen LogP contribution in [0.25, 0.3) is 0 Å². The topological polar surface area (TPSA) is 72.0 Å². The Morgan fingerprint density at radius 2 is 2.00 bits per heavy atom. The van der Waals surface area contributed by atoms with Gasteiger partial charge in [-0.1, -0.05) is 0 Å². The summed E-state index contributed by atoms with van der Waals surface area (Å²) in [5.74, 6) is 2.25. The van der Waals surface area contributed by atoms with Crippen LogP contribution in [0, 0.1) is 0 Å². The third-order valence-corrected chi connectivity index (χ3v) is 3.14. The van der Waals surface area contributed by atoms with Crippen molar-refractivity contribution in [3.8, 4) is 0 Å². The molecular weight excluding hydrogens is 274 g/mol. The number of anilines is 2. The van der Waals surface area contributed by atoms with E-state index in [0.717, 1.165) is 23.9 Å². The highest BCUT2D eigenvalue weighted by molar-refractivity contribution is 7.07. The van der Waals surface area contributed by atoms with Crippen LogP contribution in [0.1, 0.15) is 25.4 Å². The monoisotopic (exact) mass is 293 g/mol. The molecule has 6 nitrogen and oxygen atoms in total. The van der Waals surface area contributed by atoms with Crippen LogP contribution in [0.2, 0.25) is 0 Å². The van der Waals surface area contributed by atoms with Gasteiger partial charge in [0.15, 0.2) is 5.82 Å². The van der Waals surface area contributed by atoms with Crippen LogP contribution >= 0.6 is 11.3 Å². The molecule has 0 spiro atoms. The molecule has 0 saturated carbocycles. The zero-order valence-electron chi connectivity index (χ0n) is 11.7. The van der Waals surface area contributed by atoms with Crippen LogP contribution in [-0.2, 0) is 17.9 Å². The normalized spacial score (nSPS) is 10.5. The van der Waals surface area contributed by atoms with E-state index in [1.54, 1.807) is 11.3 Å². The summed E-state index contributed by atoms with van der Waals surface area (Å²) in [6.45, 7) is 6.52. The van der Waals surface area contributed by atoms with Crippen molar-refractivity contribution >= 4 is 23.0 Å². The number of aromatic nitrogens is 3. The first-order valence-electron chi connectivity index (χ1n) is 6.62. The molecule has 20 heavy (non-hydrogen) atoms. The lowest BCUT2D eigenvalue weighted by Gasteiger charge is -2.10. The molecule has 0 amide bonds. The zero-order valence-corrected chi connectivity index (χ0v) is 12.5. The molecule has 7 heteroatoms. The second-order valence-corrected chi connectivity index (χ2v) is 4.77. The first-order valence-corrected chi connectivity index (χ1v) is 7.56. The lowest BCUT2D eigenvalue weighted by atomic mass is 10.4. The fourth-order valence-corrected chi connectivity index (χ4v) is 2.18. The van der Waals surface area contributed by atoms with Crippen LogP contribution in [0.3, 0.4) is 0 Å². The maximum absolute atomic E-state index is 5.37. The molecule has 0 radical (unpaired) electrons. The van der Waals surface area contributed by atoms with E-state index in [-0.39, 0.29) is 0 Å². The van der Waals surface area contributed by atoms with Crippen molar-refractivity contribution in [3.63, 3.8) is 0 Å². The van der Waals surface area contributed by atoms with E-state index in [1.807, 2.05) is 30.8 Å². The minimum atomic E-state index is 0.418. The Bertz CT molecular complexity index is 517. The first-order chi connectivity index (χ1) is 9.81. The van der Waals surface area contributed by atoms with Crippen LogP contribution in [0.15, 0.2) is 17.0 Å². The molecule has 0 unspecified atom stereocenters. The molecule has 0 fully saturated rings. The van der Waals surface area contributed by atoms with E-state index in [2.05, 4.69) is 25.6 Å². The molecule has 0 saturated heterocycles. The van der Waals surface area contributed by atoms with E-state index in [4.69, 9.17) is 4.74 Å². The molecule has 0 aliphatic rings. The van der Waals surface area contributed by atoms with Gasteiger partial charge >= 0.3 is 0 Å². The highest BCUT2D eigenvalue weighted by Gasteiger charge is 2.05. The van der Waals surface area contributed by atoms with E-state index in [0.29, 0.717) is 25.6 Å². The molecule has 2 N–H and O–H groups in total. The lowest BCUT2D eigenvalue weighted by molar-refractivity contribution is 0.128. The fourth-order valence-electron chi connectivity index (χ4n) is 1.62. The summed E-state index contributed by atoms with van der Waals surface area (Å²) >= 11 is 1.58. The molecule has 0 aromatic carbocycles. The quantitative estimate of drug-likeness (QED) is 0.779. The van der Waals surface area contributed by atoms with Gasteiger partial charge in [-0.3, -0.25) is 0 Å². The highest BCUT2D eigenvalue weighted by Crippen LogP contribution is 2.13. The van der Waals surface area contributed by atoms with Crippen molar-refractivity contribution in [3.05, 3.63) is 28.5 Å². The van der Waals surface area contributed by atoms with Gasteiger partial charge in [0.1, 0.15) is 18.2 Å². The summed E-state index contributed by atoms with van der Waals surface area (Å²) in [5, 5.41) is 8.47. The molecule has 2 heterocycles. The first kappa shape index (κ1) is 14.7. The van der Waals surface area contributed by atoms with Gasteiger partial charge in [0, 0.05) is 24.6 Å². The summed E-state index contributed by atoms with van der Waals surface area (Å²) in [6, 6.07) is 1.89. The van der Waals surface area contributed by atoms with Crippen molar-refractivity contribution in [2.75, 3.05) is 23.8 Å². The third kappa shape index (κ3) is 4.43. The van der Waals surface area contributed by atoms with Gasteiger partial charge in [-0.05, 0) is 13.8 Å². The van der Waals surface area contributed by atoms with Gasteiger partial charge in [0.25, 0.3) is 0 Å². The molecule has 2 rings (SSSR count). The Morgan fingerprint density at radius 3 is 2.65 bits per heavy atom. The van der Waals surface area contributed by atoms with E-state index < -0.39 is 0 Å². The van der Waals surface area contributed by atoms with Gasteiger partial charge in [0.2, 0.25) is 0 Å². The second-order valence-electron chi connectivity index (χ2n) is 4.06. The SMILES string of the molecule is CCNc1cc(NCc2cscn2)nc(COCC)n1. The van der Waals surface area contributed by atoms with E-state index in [1.165, 1.54) is 0 Å². The Morgan fingerprint density at radius 1 is 1.20 bits per heavy atom. The Hall–Kier alpha value is -1.73. The van der Waals surface area contributed by atoms with Crippen LogP contribution in [0.4, 0.5) is 11.6 Å². The van der Waals surface area contributed by atoms with E-state index in [9.17, 15) is 0 Å². The molecule has 0 atom stereocenters. The standard InChI is InChI=1S/C13H19N5OS/c1-3-14-11-5-12(15-6-10-8-20-9-16-10)18-13(17-11)7-19-4-2/h5,8-9H,3-4,6-7H2,1-2H3,(H2,14,15,17,18). The Balaban J connectivity index is 2.06. The number of hydrogen-bond acceptors (Lipinski definition) is 7. The minimum absolute atomic E-state index is 0.418. The predicted molar refractivity (Wildman–Crippen MR) is 81.0 cm³/mol. The zero-order chi connectivity index (χ0) is 14.2. The summed E-state index contributed by atoms with van der Waals surface area (Å²) in [6.07, 6.45) is 0. The predicted octanol–water partition coefficient (Wildman–Crippen LogP) is 2.51. The maximum Gasteiger partial charge on any atom is 0.158 e. The van der Waals surface area contributed by atoms with Crippen LogP contribution in [0.5, 0.6) is 0 Å². The number of thiazole rings is 1. The summed E-state index contributed by atoms with van der Waals surface area (Å²) in [5.41, 5.74) is 2.83. The largest absolute Gasteiger partial charge is 0.374 e. The molecular formula is C13H19N5OS. The summed E-state index contributed by atoms with van der Waals surface area (Å²) in [4.78, 5) is 13.1. The summed E-state index contributed by atoms with van der Waals surface area (Å²) in [7, 11) is 0. The van der Waals surface area contributed by atoms with Gasteiger partial charge < -0.3 is 15.4 Å². The van der Waals surface area contributed by atoms with Crippen molar-refractivity contribution in [2.24, 2.45) is 0 Å². The number of rotatable bonds is 8. The lowest BCUT2D eigenvalue weighted by Crippen LogP contribution is -2.09. The molecule has 0 aliphatic carbocycles. The molecule has 0 aliphatic heterocycles. The Kier molecular flexibility index (Phi) is 5.69. The average molecular weight is 293 g/mol. The fraction of sp³-hybridized carbons (Fsp3) is 0.462. The second kappa shape index (κ2) is 7.76. The number of hydrogen-bond donors (Lipinski definition) is 2. The van der Waals surface area contributed by atoms with Gasteiger partial charge in [-0.25, -0.2) is 15.0 Å². The van der Waals surface area contributed by atoms with Gasteiger partial charge in [0.05, 0.1) is 17.7 Å². The smallest absolute Gasteiger partial charge is 0.158 e. The highest BCUT2D eigenvalue weighted by atomic mass is 32.1. The van der Waals surface area contributed by atoms with Gasteiger partial charge in [-0.2, -0.15) is 0 Å². The number of nitrogens with one attached hydrogen (secondary N) is 2. The van der Waals surface area contributed by atoms with Gasteiger partial charge in [-0.15, -0.1) is 11.3 Å². The third-order valence-electron chi connectivity index (χ3n) is 2.50. The average Bonchev–Trinajstić information content (AvgIpc) is 2.96. The summed E-state index contributed by atoms with van der Waals surface area (Å²) < 4.78 is 5.37. The Labute approximate surface area is 122 Å². The van der Waals surface area contributed by atoms with Crippen molar-refractivity contribution in [1.82, 2.24) is 15.0 Å². The maximum atomic E-state index is 5.37. The van der Waals surface area contributed by atoms with Crippen molar-refractivity contribution < 1.29 is 4.74 Å². The molecule has 2 aromatic rings. The van der Waals surface area contributed by atoms with Crippen molar-refractivity contribution in [2.45, 2.75) is 27.0 Å². The number of ether oxygens (including phenoxy) is 1.